The van der Waals surface area contributed by atoms with Crippen molar-refractivity contribution in [2.45, 2.75) is 26.7 Å². The van der Waals surface area contributed by atoms with Crippen LogP contribution in [-0.2, 0) is 16.0 Å². The number of carboxylic acids is 1. The first-order valence-electron chi connectivity index (χ1n) is 9.81. The number of amides is 1. The van der Waals surface area contributed by atoms with E-state index in [0.29, 0.717) is 22.2 Å². The number of halogens is 1. The Morgan fingerprint density at radius 2 is 1.90 bits per heavy atom. The lowest BCUT2D eigenvalue weighted by molar-refractivity contribution is -0.141. The molecule has 0 aliphatic rings. The summed E-state index contributed by atoms with van der Waals surface area (Å²) in [5.41, 5.74) is 2.01. The molecular weight excluding hydrogens is 403 g/mol. The Bertz CT molecular complexity index is 1170. The molecule has 31 heavy (non-hydrogen) atoms. The van der Waals surface area contributed by atoms with E-state index in [-0.39, 0.29) is 36.6 Å². The molecule has 0 aliphatic heterocycles. The number of hydrogen-bond acceptors (Lipinski definition) is 4. The highest BCUT2D eigenvalue weighted by molar-refractivity contribution is 6.04. The van der Waals surface area contributed by atoms with Crippen LogP contribution in [0.1, 0.15) is 35.0 Å². The summed E-state index contributed by atoms with van der Waals surface area (Å²) in [5.74, 6) is -2.93. The van der Waals surface area contributed by atoms with Gasteiger partial charge in [0.1, 0.15) is 11.6 Å². The number of carboxylic acid groups (broad SMARTS) is 1. The molecule has 8 heteroatoms. The summed E-state index contributed by atoms with van der Waals surface area (Å²) in [5, 5.41) is 22.1. The summed E-state index contributed by atoms with van der Waals surface area (Å²) >= 11 is 0. The number of phenols is 1. The number of nitrogens with zero attached hydrogens (tertiary/aromatic N) is 1. The minimum Gasteiger partial charge on any atom is -0.508 e. The zero-order valence-electron chi connectivity index (χ0n) is 17.2. The number of carbonyl (C=O) groups is 3. The number of aliphatic carboxylic acids is 1. The first-order chi connectivity index (χ1) is 14.7. The Hall–Kier alpha value is -3.68. The summed E-state index contributed by atoms with van der Waals surface area (Å²) in [6, 6.07) is 9.98. The number of rotatable bonds is 7. The fraction of sp³-hybridized carbons (Fsp3) is 0.261. The molecule has 1 heterocycles. The van der Waals surface area contributed by atoms with Gasteiger partial charge in [-0.1, -0.05) is 13.0 Å². The zero-order chi connectivity index (χ0) is 22.7. The van der Waals surface area contributed by atoms with E-state index in [1.54, 1.807) is 13.0 Å². The lowest BCUT2D eigenvalue weighted by Crippen LogP contribution is -2.31. The van der Waals surface area contributed by atoms with Crippen LogP contribution in [0.4, 0.5) is 4.39 Å². The number of aromatic nitrogens is 1. The normalized spacial score (nSPS) is 12.0. The van der Waals surface area contributed by atoms with Crippen molar-refractivity contribution in [3.63, 3.8) is 0 Å². The molecule has 0 saturated carbocycles. The molecule has 3 rings (SSSR count). The minimum atomic E-state index is -0.995. The Morgan fingerprint density at radius 3 is 2.58 bits per heavy atom. The number of aromatic hydroxyl groups is 1. The van der Waals surface area contributed by atoms with Crippen molar-refractivity contribution >= 4 is 28.7 Å². The summed E-state index contributed by atoms with van der Waals surface area (Å²) in [6.45, 7) is 3.25. The summed E-state index contributed by atoms with van der Waals surface area (Å²) < 4.78 is 15.1. The molecule has 0 fully saturated rings. The third-order valence-corrected chi connectivity index (χ3v) is 5.22. The molecule has 0 aliphatic carbocycles. The third-order valence-electron chi connectivity index (χ3n) is 5.22. The van der Waals surface area contributed by atoms with Crippen LogP contribution in [-0.4, -0.2) is 39.1 Å². The molecule has 162 valence electrons. The second-order valence-corrected chi connectivity index (χ2v) is 7.46. The molecule has 7 nitrogen and oxygen atoms in total. The highest BCUT2D eigenvalue weighted by Crippen LogP contribution is 2.30. The Kier molecular flexibility index (Phi) is 6.39. The number of carbonyl (C=O) groups excluding carboxylic acids is 2. The van der Waals surface area contributed by atoms with E-state index in [4.69, 9.17) is 5.11 Å². The zero-order valence-corrected chi connectivity index (χ0v) is 17.2. The molecule has 0 saturated heterocycles. The number of nitrogens with one attached hydrogen (secondary N) is 1. The van der Waals surface area contributed by atoms with Crippen molar-refractivity contribution in [1.82, 2.24) is 9.88 Å². The molecule has 0 bridgehead atoms. The fourth-order valence-electron chi connectivity index (χ4n) is 3.48. The number of phenolic OH excluding ortho intramolecular Hbond substituents is 1. The highest BCUT2D eigenvalue weighted by atomic mass is 19.1. The fourth-order valence-corrected chi connectivity index (χ4v) is 3.48. The molecule has 0 unspecified atom stereocenters. The van der Waals surface area contributed by atoms with Gasteiger partial charge in [-0.05, 0) is 55.3 Å². The Labute approximate surface area is 178 Å². The Morgan fingerprint density at radius 1 is 1.16 bits per heavy atom. The minimum absolute atomic E-state index is 0.0174. The van der Waals surface area contributed by atoms with Gasteiger partial charge in [-0.25, -0.2) is 4.39 Å². The third kappa shape index (κ3) is 4.74. The van der Waals surface area contributed by atoms with E-state index < -0.39 is 23.6 Å². The molecule has 0 spiro atoms. The molecule has 1 aromatic heterocycles. The van der Waals surface area contributed by atoms with Gasteiger partial charge in [-0.3, -0.25) is 19.0 Å². The van der Waals surface area contributed by atoms with Crippen molar-refractivity contribution in [3.8, 4) is 5.75 Å². The van der Waals surface area contributed by atoms with Crippen LogP contribution in [0.2, 0.25) is 0 Å². The van der Waals surface area contributed by atoms with E-state index >= 15 is 0 Å². The summed E-state index contributed by atoms with van der Waals surface area (Å²) in [6.07, 6.45) is 0.360. The van der Waals surface area contributed by atoms with Gasteiger partial charge in [0.2, 0.25) is 5.91 Å². The van der Waals surface area contributed by atoms with Crippen LogP contribution in [0.15, 0.2) is 42.5 Å². The van der Waals surface area contributed by atoms with Crippen LogP contribution in [0.5, 0.6) is 5.75 Å². The molecule has 1 amide bonds. The number of fused-ring (bicyclic) bond motifs is 1. The smallest absolute Gasteiger partial charge is 0.308 e. The second kappa shape index (κ2) is 8.99. The molecule has 3 N–H and O–H groups in total. The van der Waals surface area contributed by atoms with E-state index in [1.807, 2.05) is 0 Å². The maximum Gasteiger partial charge on any atom is 0.308 e. The number of benzene rings is 2. The number of hydrogen-bond donors (Lipinski definition) is 3. The van der Waals surface area contributed by atoms with Gasteiger partial charge in [-0.15, -0.1) is 0 Å². The monoisotopic (exact) mass is 426 g/mol. The largest absolute Gasteiger partial charge is 0.508 e. The van der Waals surface area contributed by atoms with E-state index in [0.717, 1.165) is 6.07 Å². The second-order valence-electron chi connectivity index (χ2n) is 7.46. The average molecular weight is 426 g/mol. The molecule has 3 aromatic rings. The topological polar surface area (TPSA) is 109 Å². The van der Waals surface area contributed by atoms with Crippen LogP contribution >= 0.6 is 0 Å². The van der Waals surface area contributed by atoms with Gasteiger partial charge in [-0.2, -0.15) is 0 Å². The SMILES string of the molecule is Cc1c(CCC(=O)NC[C@H](C)C(=O)O)c2cc(O)ccc2n1C(=O)c1cccc(F)c1. The molecule has 1 atom stereocenters. The van der Waals surface area contributed by atoms with Gasteiger partial charge in [0.15, 0.2) is 0 Å². The number of aryl methyl sites for hydroxylation is 1. The average Bonchev–Trinajstić information content (AvgIpc) is 3.00. The summed E-state index contributed by atoms with van der Waals surface area (Å²) in [7, 11) is 0. The van der Waals surface area contributed by atoms with Gasteiger partial charge in [0, 0.05) is 29.6 Å². The van der Waals surface area contributed by atoms with E-state index in [9.17, 15) is 23.9 Å². The lowest BCUT2D eigenvalue weighted by atomic mass is 10.1. The van der Waals surface area contributed by atoms with Crippen LogP contribution in [0.25, 0.3) is 10.9 Å². The van der Waals surface area contributed by atoms with E-state index in [1.165, 1.54) is 41.8 Å². The first kappa shape index (κ1) is 22.0. The Balaban J connectivity index is 1.91. The van der Waals surface area contributed by atoms with Crippen molar-refractivity contribution in [3.05, 3.63) is 65.1 Å². The van der Waals surface area contributed by atoms with Crippen molar-refractivity contribution in [2.75, 3.05) is 6.54 Å². The van der Waals surface area contributed by atoms with Gasteiger partial charge in [0.25, 0.3) is 5.91 Å². The summed E-state index contributed by atoms with van der Waals surface area (Å²) in [4.78, 5) is 36.2. The van der Waals surface area contributed by atoms with Gasteiger partial charge < -0.3 is 15.5 Å². The standard InChI is InChI=1S/C23H23FN2O5/c1-13(23(30)31)12-25-21(28)9-7-18-14(2)26(20-8-6-17(27)11-19(18)20)22(29)15-4-3-5-16(24)10-15/h3-6,8,10-11,13,27H,7,9,12H2,1-2H3,(H,25,28)(H,30,31)/t13-/m0/s1. The van der Waals surface area contributed by atoms with Crippen molar-refractivity contribution in [1.29, 1.82) is 0 Å². The highest BCUT2D eigenvalue weighted by Gasteiger charge is 2.21. The van der Waals surface area contributed by atoms with Crippen LogP contribution < -0.4 is 5.32 Å². The van der Waals surface area contributed by atoms with Crippen LogP contribution in [0.3, 0.4) is 0 Å². The maximum absolute atomic E-state index is 13.6. The molecule has 2 aromatic carbocycles. The predicted octanol–water partition coefficient (Wildman–Crippen LogP) is 3.25. The van der Waals surface area contributed by atoms with Crippen molar-refractivity contribution in [2.24, 2.45) is 5.92 Å². The molecule has 0 radical (unpaired) electrons. The van der Waals surface area contributed by atoms with Crippen molar-refractivity contribution < 1.29 is 29.0 Å². The van der Waals surface area contributed by atoms with Crippen LogP contribution in [0, 0.1) is 18.7 Å². The maximum atomic E-state index is 13.6. The predicted molar refractivity (Wildman–Crippen MR) is 113 cm³/mol. The van der Waals surface area contributed by atoms with Gasteiger partial charge >= 0.3 is 5.97 Å². The van der Waals surface area contributed by atoms with E-state index in [2.05, 4.69) is 5.32 Å². The first-order valence-corrected chi connectivity index (χ1v) is 9.81. The lowest BCUT2D eigenvalue weighted by Gasteiger charge is -2.09. The quantitative estimate of drug-likeness (QED) is 0.537. The van der Waals surface area contributed by atoms with Gasteiger partial charge in [0.05, 0.1) is 11.4 Å². The molecular formula is C23H23FN2O5.